The number of anilines is 4. The monoisotopic (exact) mass is 408 g/mol. The fourth-order valence-electron chi connectivity index (χ4n) is 3.19. The molecule has 0 radical (unpaired) electrons. The Hall–Kier alpha value is -4.32. The van der Waals surface area contributed by atoms with Crippen molar-refractivity contribution in [3.05, 3.63) is 118 Å². The van der Waals surface area contributed by atoms with Gasteiger partial charge in [0.1, 0.15) is 11.4 Å². The molecule has 6 heteroatoms. The Morgan fingerprint density at radius 1 is 0.452 bits per heavy atom. The minimum Gasteiger partial charge on any atom is -0.356 e. The summed E-state index contributed by atoms with van der Waals surface area (Å²) in [5.74, 6) is 0. The van der Waals surface area contributed by atoms with Crippen LogP contribution in [0.25, 0.3) is 0 Å². The van der Waals surface area contributed by atoms with Gasteiger partial charge in [-0.1, -0.05) is 24.3 Å². The zero-order chi connectivity index (χ0) is 21.5. The second-order valence-electron chi connectivity index (χ2n) is 7.10. The van der Waals surface area contributed by atoms with Crippen LogP contribution in [0.4, 0.5) is 34.1 Å². The molecule has 0 bridgehead atoms. The first-order chi connectivity index (χ1) is 15.2. The molecule has 0 amide bonds. The molecule has 4 aromatic rings. The Bertz CT molecular complexity index is 1060. The van der Waals surface area contributed by atoms with Crippen LogP contribution in [0, 0.1) is 9.81 Å². The van der Waals surface area contributed by atoms with Crippen LogP contribution in [-0.2, 0) is 6.42 Å². The standard InChI is InChI=1S/C25H20N4O2/c30-28-24-13-9-22(10-14-24)26-20-5-1-18(2-6-20)17-19-3-7-21(8-4-19)27-23-11-15-25(29-31)16-12-23/h1-16,26-27H,17H2. The Morgan fingerprint density at radius 3 is 1.03 bits per heavy atom. The average molecular weight is 408 g/mol. The number of nitroso groups, excluding NO2 is 2. The quantitative estimate of drug-likeness (QED) is 0.295. The van der Waals surface area contributed by atoms with E-state index in [1.807, 2.05) is 48.5 Å². The van der Waals surface area contributed by atoms with Gasteiger partial charge in [-0.3, -0.25) is 0 Å². The summed E-state index contributed by atoms with van der Waals surface area (Å²) in [6.45, 7) is 0. The van der Waals surface area contributed by atoms with E-state index in [1.54, 1.807) is 24.3 Å². The van der Waals surface area contributed by atoms with E-state index in [9.17, 15) is 9.81 Å². The summed E-state index contributed by atoms with van der Waals surface area (Å²) in [7, 11) is 0. The minimum atomic E-state index is 0.412. The van der Waals surface area contributed by atoms with Gasteiger partial charge in [0.2, 0.25) is 0 Å². The van der Waals surface area contributed by atoms with Crippen molar-refractivity contribution in [3.63, 3.8) is 0 Å². The Labute approximate surface area is 179 Å². The highest BCUT2D eigenvalue weighted by Crippen LogP contribution is 2.23. The van der Waals surface area contributed by atoms with Gasteiger partial charge in [0.15, 0.2) is 0 Å². The second-order valence-corrected chi connectivity index (χ2v) is 7.10. The Balaban J connectivity index is 1.35. The summed E-state index contributed by atoms with van der Waals surface area (Å²) in [6.07, 6.45) is 0.833. The Kier molecular flexibility index (Phi) is 6.09. The lowest BCUT2D eigenvalue weighted by molar-refractivity contribution is 1.19. The largest absolute Gasteiger partial charge is 0.356 e. The van der Waals surface area contributed by atoms with Crippen molar-refractivity contribution in [2.24, 2.45) is 10.4 Å². The molecule has 0 saturated carbocycles. The molecular formula is C25H20N4O2. The van der Waals surface area contributed by atoms with Crippen molar-refractivity contribution in [3.8, 4) is 0 Å². The minimum absolute atomic E-state index is 0.412. The molecule has 0 unspecified atom stereocenters. The van der Waals surface area contributed by atoms with Gasteiger partial charge >= 0.3 is 0 Å². The summed E-state index contributed by atoms with van der Waals surface area (Å²) < 4.78 is 0. The van der Waals surface area contributed by atoms with Gasteiger partial charge < -0.3 is 10.6 Å². The molecule has 6 nitrogen and oxygen atoms in total. The first kappa shape index (κ1) is 20.0. The molecule has 0 fully saturated rings. The van der Waals surface area contributed by atoms with Gasteiger partial charge in [-0.15, -0.1) is 9.81 Å². The smallest absolute Gasteiger partial charge is 0.108 e. The highest BCUT2D eigenvalue weighted by Gasteiger charge is 2.01. The van der Waals surface area contributed by atoms with E-state index >= 15 is 0 Å². The molecule has 4 rings (SSSR count). The molecule has 4 aromatic carbocycles. The van der Waals surface area contributed by atoms with Crippen LogP contribution >= 0.6 is 0 Å². The van der Waals surface area contributed by atoms with Crippen molar-refractivity contribution in [2.75, 3.05) is 10.6 Å². The molecule has 0 aliphatic heterocycles. The van der Waals surface area contributed by atoms with Gasteiger partial charge in [-0.25, -0.2) is 0 Å². The Morgan fingerprint density at radius 2 is 0.742 bits per heavy atom. The first-order valence-corrected chi connectivity index (χ1v) is 9.80. The maximum absolute atomic E-state index is 10.5. The number of nitrogens with zero attached hydrogens (tertiary/aromatic N) is 2. The van der Waals surface area contributed by atoms with E-state index in [2.05, 4.69) is 45.3 Å². The lowest BCUT2D eigenvalue weighted by atomic mass is 10.0. The zero-order valence-corrected chi connectivity index (χ0v) is 16.7. The van der Waals surface area contributed by atoms with Crippen LogP contribution in [-0.4, -0.2) is 0 Å². The lowest BCUT2D eigenvalue weighted by Crippen LogP contribution is -1.93. The molecule has 0 aromatic heterocycles. The number of hydrogen-bond donors (Lipinski definition) is 2. The van der Waals surface area contributed by atoms with Crippen LogP contribution < -0.4 is 10.6 Å². The summed E-state index contributed by atoms with van der Waals surface area (Å²) >= 11 is 0. The van der Waals surface area contributed by atoms with Crippen LogP contribution in [0.15, 0.2) is 107 Å². The van der Waals surface area contributed by atoms with Crippen LogP contribution in [0.5, 0.6) is 0 Å². The lowest BCUT2D eigenvalue weighted by Gasteiger charge is -2.09. The third kappa shape index (κ3) is 5.39. The van der Waals surface area contributed by atoms with Gasteiger partial charge in [0, 0.05) is 22.7 Å². The fourth-order valence-corrected chi connectivity index (χ4v) is 3.19. The summed E-state index contributed by atoms with van der Waals surface area (Å²) in [6, 6.07) is 30.6. The van der Waals surface area contributed by atoms with Crippen molar-refractivity contribution < 1.29 is 0 Å². The van der Waals surface area contributed by atoms with Gasteiger partial charge in [0.05, 0.1) is 0 Å². The summed E-state index contributed by atoms with van der Waals surface area (Å²) in [5.41, 5.74) is 7.01. The third-order valence-electron chi connectivity index (χ3n) is 4.84. The molecule has 2 N–H and O–H groups in total. The predicted molar refractivity (Wildman–Crippen MR) is 126 cm³/mol. The molecule has 0 heterocycles. The van der Waals surface area contributed by atoms with Crippen molar-refractivity contribution in [2.45, 2.75) is 6.42 Å². The molecule has 0 atom stereocenters. The van der Waals surface area contributed by atoms with Crippen molar-refractivity contribution in [1.82, 2.24) is 0 Å². The maximum Gasteiger partial charge on any atom is 0.108 e. The van der Waals surface area contributed by atoms with Gasteiger partial charge in [-0.2, -0.15) is 0 Å². The van der Waals surface area contributed by atoms with E-state index in [0.29, 0.717) is 11.4 Å². The topological polar surface area (TPSA) is 82.9 Å². The van der Waals surface area contributed by atoms with Gasteiger partial charge in [-0.05, 0) is 101 Å². The highest BCUT2D eigenvalue weighted by molar-refractivity contribution is 5.63. The third-order valence-corrected chi connectivity index (χ3v) is 4.84. The molecular weight excluding hydrogens is 388 g/mol. The number of nitrogens with one attached hydrogen (secondary N) is 2. The molecule has 152 valence electrons. The van der Waals surface area contributed by atoms with Crippen LogP contribution in [0.2, 0.25) is 0 Å². The maximum atomic E-state index is 10.5. The fraction of sp³-hybridized carbons (Fsp3) is 0.0400. The molecule has 31 heavy (non-hydrogen) atoms. The van der Waals surface area contributed by atoms with Crippen molar-refractivity contribution in [1.29, 1.82) is 0 Å². The van der Waals surface area contributed by atoms with Gasteiger partial charge in [0.25, 0.3) is 0 Å². The summed E-state index contributed by atoms with van der Waals surface area (Å²) in [4.78, 5) is 21.0. The van der Waals surface area contributed by atoms with E-state index in [4.69, 9.17) is 0 Å². The van der Waals surface area contributed by atoms with E-state index in [1.165, 1.54) is 11.1 Å². The number of benzene rings is 4. The average Bonchev–Trinajstić information content (AvgIpc) is 2.82. The van der Waals surface area contributed by atoms with E-state index < -0.39 is 0 Å². The first-order valence-electron chi connectivity index (χ1n) is 9.80. The SMILES string of the molecule is O=Nc1ccc(Nc2ccc(Cc3ccc(Nc4ccc(N=O)cc4)cc3)cc2)cc1. The molecule has 0 saturated heterocycles. The summed E-state index contributed by atoms with van der Waals surface area (Å²) in [5, 5.41) is 12.4. The number of rotatable bonds is 8. The molecule has 0 spiro atoms. The van der Waals surface area contributed by atoms with Crippen LogP contribution in [0.1, 0.15) is 11.1 Å². The number of hydrogen-bond acceptors (Lipinski definition) is 6. The predicted octanol–water partition coefficient (Wildman–Crippen LogP) is 7.56. The van der Waals surface area contributed by atoms with Crippen LogP contribution in [0.3, 0.4) is 0 Å². The van der Waals surface area contributed by atoms with E-state index in [0.717, 1.165) is 29.2 Å². The molecule has 0 aliphatic carbocycles. The highest BCUT2D eigenvalue weighted by atomic mass is 16.3. The second kappa shape index (κ2) is 9.45. The normalized spacial score (nSPS) is 10.3. The van der Waals surface area contributed by atoms with Crippen molar-refractivity contribution >= 4 is 34.1 Å². The zero-order valence-electron chi connectivity index (χ0n) is 16.7. The van der Waals surface area contributed by atoms with E-state index in [-0.39, 0.29) is 0 Å². The molecule has 0 aliphatic rings.